The van der Waals surface area contributed by atoms with Gasteiger partial charge in [0.15, 0.2) is 0 Å². The van der Waals surface area contributed by atoms with E-state index in [0.29, 0.717) is 17.4 Å². The molecular formula is C52H98N2O6P+. The van der Waals surface area contributed by atoms with Crippen LogP contribution in [-0.4, -0.2) is 73.4 Å². The summed E-state index contributed by atoms with van der Waals surface area (Å²) in [5.41, 5.74) is 0. The van der Waals surface area contributed by atoms with E-state index in [0.717, 1.165) is 64.2 Å². The monoisotopic (exact) mass is 878 g/mol. The summed E-state index contributed by atoms with van der Waals surface area (Å²) in [6, 6.07) is -0.850. The molecule has 0 saturated heterocycles. The molecule has 0 rings (SSSR count). The second-order valence-corrected chi connectivity index (χ2v) is 19.6. The van der Waals surface area contributed by atoms with Crippen molar-refractivity contribution in [1.29, 1.82) is 0 Å². The van der Waals surface area contributed by atoms with Crippen molar-refractivity contribution in [2.24, 2.45) is 0 Å². The number of aliphatic hydroxyl groups excluding tert-OH is 1. The van der Waals surface area contributed by atoms with Crippen LogP contribution in [0.2, 0.25) is 0 Å². The predicted molar refractivity (Wildman–Crippen MR) is 263 cm³/mol. The summed E-state index contributed by atoms with van der Waals surface area (Å²) in [6.45, 7) is 4.70. The number of carbonyl (C=O) groups is 1. The summed E-state index contributed by atoms with van der Waals surface area (Å²) in [7, 11) is 1.56. The molecular weight excluding hydrogens is 780 g/mol. The molecule has 0 aliphatic carbocycles. The van der Waals surface area contributed by atoms with Gasteiger partial charge in [0, 0.05) is 6.42 Å². The fraction of sp³-hybridized carbons (Fsp3) is 0.788. The lowest BCUT2D eigenvalue weighted by atomic mass is 10.0. The van der Waals surface area contributed by atoms with E-state index < -0.39 is 20.0 Å². The van der Waals surface area contributed by atoms with Gasteiger partial charge >= 0.3 is 7.82 Å². The Hall–Kier alpha value is -1.80. The van der Waals surface area contributed by atoms with E-state index >= 15 is 0 Å². The third-order valence-corrected chi connectivity index (χ3v) is 12.0. The van der Waals surface area contributed by atoms with Gasteiger partial charge in [-0.25, -0.2) is 4.57 Å². The second-order valence-electron chi connectivity index (χ2n) is 18.2. The normalized spacial score (nSPS) is 14.7. The van der Waals surface area contributed by atoms with Crippen LogP contribution < -0.4 is 5.32 Å². The SMILES string of the molecule is CC/C=C\C/C=C\C/C=C\C/C=C\CCCCCCCCCCCCC(=O)NC(COP(=O)(O)OCC[N+](C)(C)C)C(O)/C=C/CCCCCCCCCCCCCCCC. The largest absolute Gasteiger partial charge is 0.472 e. The number of phosphoric ester groups is 1. The van der Waals surface area contributed by atoms with Crippen molar-refractivity contribution in [3.8, 4) is 0 Å². The molecule has 0 saturated carbocycles. The molecule has 0 bridgehead atoms. The Morgan fingerprint density at radius 3 is 1.44 bits per heavy atom. The van der Waals surface area contributed by atoms with Gasteiger partial charge < -0.3 is 19.8 Å². The Bertz CT molecular complexity index is 1180. The van der Waals surface area contributed by atoms with Gasteiger partial charge in [-0.3, -0.25) is 13.8 Å². The van der Waals surface area contributed by atoms with Crippen LogP contribution in [0.3, 0.4) is 0 Å². The molecule has 0 heterocycles. The summed E-state index contributed by atoms with van der Waals surface area (Å²) in [4.78, 5) is 23.2. The molecule has 1 amide bonds. The predicted octanol–water partition coefficient (Wildman–Crippen LogP) is 14.6. The summed E-state index contributed by atoms with van der Waals surface area (Å²) >= 11 is 0. The molecule has 61 heavy (non-hydrogen) atoms. The van der Waals surface area contributed by atoms with Crippen molar-refractivity contribution in [1.82, 2.24) is 5.32 Å². The Morgan fingerprint density at radius 1 is 0.574 bits per heavy atom. The highest BCUT2D eigenvalue weighted by molar-refractivity contribution is 7.47. The zero-order valence-electron chi connectivity index (χ0n) is 40.4. The number of phosphoric acid groups is 1. The van der Waals surface area contributed by atoms with E-state index in [-0.39, 0.29) is 19.1 Å². The maximum Gasteiger partial charge on any atom is 0.472 e. The maximum absolute atomic E-state index is 12.9. The van der Waals surface area contributed by atoms with E-state index in [4.69, 9.17) is 9.05 Å². The molecule has 9 heteroatoms. The van der Waals surface area contributed by atoms with Gasteiger partial charge in [0.1, 0.15) is 13.2 Å². The molecule has 0 fully saturated rings. The van der Waals surface area contributed by atoms with Crippen LogP contribution in [0.5, 0.6) is 0 Å². The average Bonchev–Trinajstić information content (AvgIpc) is 3.21. The smallest absolute Gasteiger partial charge is 0.387 e. The van der Waals surface area contributed by atoms with E-state index in [1.807, 2.05) is 27.2 Å². The van der Waals surface area contributed by atoms with Crippen molar-refractivity contribution < 1.29 is 32.9 Å². The van der Waals surface area contributed by atoms with Gasteiger partial charge in [-0.2, -0.15) is 0 Å². The lowest BCUT2D eigenvalue weighted by Crippen LogP contribution is -2.45. The third-order valence-electron chi connectivity index (χ3n) is 11.0. The van der Waals surface area contributed by atoms with E-state index in [2.05, 4.69) is 67.8 Å². The summed E-state index contributed by atoms with van der Waals surface area (Å²) in [5, 5.41) is 13.9. The Morgan fingerprint density at radius 2 is 0.984 bits per heavy atom. The van der Waals surface area contributed by atoms with Crippen LogP contribution in [0, 0.1) is 0 Å². The van der Waals surface area contributed by atoms with E-state index in [1.165, 1.54) is 128 Å². The average molecular weight is 878 g/mol. The minimum atomic E-state index is -4.34. The zero-order valence-corrected chi connectivity index (χ0v) is 41.3. The Kier molecular flexibility index (Phi) is 42.2. The Balaban J connectivity index is 4.31. The first-order valence-electron chi connectivity index (χ1n) is 25.2. The first-order valence-corrected chi connectivity index (χ1v) is 26.7. The molecule has 0 aromatic carbocycles. The van der Waals surface area contributed by atoms with Gasteiger partial charge in [-0.15, -0.1) is 0 Å². The number of aliphatic hydroxyl groups is 1. The number of rotatable bonds is 45. The number of nitrogens with zero attached hydrogens (tertiary/aromatic N) is 1. The fourth-order valence-electron chi connectivity index (χ4n) is 7.03. The molecule has 3 atom stereocenters. The van der Waals surface area contributed by atoms with Crippen molar-refractivity contribution >= 4 is 13.7 Å². The number of quaternary nitrogens is 1. The minimum absolute atomic E-state index is 0.0587. The number of hydrogen-bond donors (Lipinski definition) is 3. The minimum Gasteiger partial charge on any atom is -0.387 e. The number of amides is 1. The van der Waals surface area contributed by atoms with Crippen molar-refractivity contribution in [2.75, 3.05) is 40.9 Å². The van der Waals surface area contributed by atoms with Crippen molar-refractivity contribution in [3.05, 3.63) is 60.8 Å². The molecule has 0 radical (unpaired) electrons. The van der Waals surface area contributed by atoms with E-state index in [9.17, 15) is 19.4 Å². The molecule has 3 unspecified atom stereocenters. The van der Waals surface area contributed by atoms with Crippen LogP contribution in [0.15, 0.2) is 60.8 Å². The molecule has 0 aliphatic heterocycles. The lowest BCUT2D eigenvalue weighted by Gasteiger charge is -2.25. The van der Waals surface area contributed by atoms with Gasteiger partial charge in [-0.05, 0) is 57.8 Å². The van der Waals surface area contributed by atoms with Crippen LogP contribution in [-0.2, 0) is 18.4 Å². The second kappa shape index (κ2) is 43.5. The highest BCUT2D eigenvalue weighted by Gasteiger charge is 2.27. The van der Waals surface area contributed by atoms with Crippen LogP contribution >= 0.6 is 7.82 Å². The molecule has 0 aromatic heterocycles. The molecule has 3 N–H and O–H groups in total. The fourth-order valence-corrected chi connectivity index (χ4v) is 7.77. The summed E-state index contributed by atoms with van der Waals surface area (Å²) < 4.78 is 23.6. The highest BCUT2D eigenvalue weighted by atomic mass is 31.2. The standard InChI is InChI=1S/C52H97N2O6P/c1-6-8-10-12-14-16-18-20-22-24-25-26-27-28-29-30-32-34-36-38-40-42-44-46-52(56)53-50(49-60-61(57,58)59-48-47-54(3,4)5)51(55)45-43-41-39-37-35-33-31-23-21-19-17-15-13-11-9-7-2/h8,10,14,16,20,22,25-26,43,45,50-51,55H,6-7,9,11-13,15,17-19,21,23-24,27-42,44,46-49H2,1-5H3,(H-,53,56,57,58)/p+1/b10-8-,16-14-,22-20-,26-25-,45-43+. The van der Waals surface area contributed by atoms with Gasteiger partial charge in [0.25, 0.3) is 0 Å². The number of allylic oxidation sites excluding steroid dienone is 9. The van der Waals surface area contributed by atoms with Gasteiger partial charge in [0.05, 0.1) is 39.9 Å². The molecule has 8 nitrogen and oxygen atoms in total. The first kappa shape index (κ1) is 59.2. The van der Waals surface area contributed by atoms with Gasteiger partial charge in [-0.1, -0.05) is 209 Å². The number of hydrogen-bond acceptors (Lipinski definition) is 5. The Labute approximate surface area is 377 Å². The quantitative estimate of drug-likeness (QED) is 0.0244. The molecule has 0 spiro atoms. The number of unbranched alkanes of at least 4 members (excludes halogenated alkanes) is 24. The van der Waals surface area contributed by atoms with Crippen molar-refractivity contribution in [3.63, 3.8) is 0 Å². The van der Waals surface area contributed by atoms with E-state index in [1.54, 1.807) is 6.08 Å². The summed E-state index contributed by atoms with van der Waals surface area (Å²) in [5.74, 6) is -0.183. The van der Waals surface area contributed by atoms with Crippen LogP contribution in [0.1, 0.15) is 213 Å². The zero-order chi connectivity index (χ0) is 45.0. The number of nitrogens with one attached hydrogen (secondary N) is 1. The van der Waals surface area contributed by atoms with Crippen LogP contribution in [0.4, 0.5) is 0 Å². The molecule has 356 valence electrons. The lowest BCUT2D eigenvalue weighted by molar-refractivity contribution is -0.870. The number of likely N-dealkylation sites (N-methyl/N-ethyl adjacent to an activating group) is 1. The molecule has 0 aromatic rings. The first-order chi connectivity index (χ1) is 29.5. The van der Waals surface area contributed by atoms with Gasteiger partial charge in [0.2, 0.25) is 5.91 Å². The van der Waals surface area contributed by atoms with Crippen molar-refractivity contribution in [2.45, 2.75) is 225 Å². The topological polar surface area (TPSA) is 105 Å². The summed E-state index contributed by atoms with van der Waals surface area (Å²) in [6.07, 6.45) is 57.2. The third kappa shape index (κ3) is 46.0. The molecule has 0 aliphatic rings. The highest BCUT2D eigenvalue weighted by Crippen LogP contribution is 2.43. The van der Waals surface area contributed by atoms with Crippen LogP contribution in [0.25, 0.3) is 0 Å². The maximum atomic E-state index is 12.9. The number of carbonyl (C=O) groups excluding carboxylic acids is 1.